The third-order valence-electron chi connectivity index (χ3n) is 4.32. The summed E-state index contributed by atoms with van der Waals surface area (Å²) in [5.74, 6) is 0.872. The minimum atomic E-state index is -0.948. The summed E-state index contributed by atoms with van der Waals surface area (Å²) in [6, 6.07) is 4.97. The topological polar surface area (TPSA) is 103 Å². The standard InChI is InChI=1S/C20H21Cl2N3O5S/c1-10-15-19(29-3)24-14(9-28-2)25-20(15)31-17(10)18(27)23-7-11(26)8-30-13-6-4-5-12(21)16(13)22/h4-6,11,26H,7-9H2,1-3H3,(H,23,27). The number of hydrogen-bond acceptors (Lipinski definition) is 8. The highest BCUT2D eigenvalue weighted by Crippen LogP contribution is 2.35. The van der Waals surface area contributed by atoms with Gasteiger partial charge < -0.3 is 24.6 Å². The summed E-state index contributed by atoms with van der Waals surface area (Å²) in [6.45, 7) is 1.96. The molecule has 3 rings (SSSR count). The first-order valence-electron chi connectivity index (χ1n) is 9.21. The molecule has 0 bridgehead atoms. The van der Waals surface area contributed by atoms with E-state index in [2.05, 4.69) is 15.3 Å². The Labute approximate surface area is 193 Å². The van der Waals surface area contributed by atoms with E-state index < -0.39 is 6.10 Å². The number of nitrogens with one attached hydrogen (secondary N) is 1. The van der Waals surface area contributed by atoms with Crippen molar-refractivity contribution in [2.45, 2.75) is 19.6 Å². The van der Waals surface area contributed by atoms with E-state index in [0.29, 0.717) is 43.1 Å². The molecule has 0 radical (unpaired) electrons. The quantitative estimate of drug-likeness (QED) is 0.476. The van der Waals surface area contributed by atoms with Gasteiger partial charge in [0.1, 0.15) is 34.9 Å². The Kier molecular flexibility index (Phi) is 7.90. The Morgan fingerprint density at radius 1 is 1.29 bits per heavy atom. The highest BCUT2D eigenvalue weighted by molar-refractivity contribution is 7.20. The lowest BCUT2D eigenvalue weighted by molar-refractivity contribution is 0.0846. The van der Waals surface area contributed by atoms with Gasteiger partial charge in [-0.1, -0.05) is 29.3 Å². The second kappa shape index (κ2) is 10.4. The SMILES string of the molecule is COCc1nc(OC)c2c(C)c(C(=O)NCC(O)COc3cccc(Cl)c3Cl)sc2n1. The monoisotopic (exact) mass is 485 g/mol. The van der Waals surface area contributed by atoms with E-state index in [0.717, 1.165) is 0 Å². The van der Waals surface area contributed by atoms with E-state index in [1.54, 1.807) is 32.2 Å². The van der Waals surface area contributed by atoms with Crippen LogP contribution in [0.5, 0.6) is 11.6 Å². The van der Waals surface area contributed by atoms with Gasteiger partial charge in [0, 0.05) is 13.7 Å². The normalized spacial score (nSPS) is 12.1. The summed E-state index contributed by atoms with van der Waals surface area (Å²) >= 11 is 13.2. The number of methoxy groups -OCH3 is 2. The van der Waals surface area contributed by atoms with Gasteiger partial charge in [0.25, 0.3) is 5.91 Å². The zero-order valence-electron chi connectivity index (χ0n) is 17.1. The predicted octanol–water partition coefficient (Wildman–Crippen LogP) is 3.63. The van der Waals surface area contributed by atoms with Crippen LogP contribution in [0.2, 0.25) is 10.0 Å². The first-order chi connectivity index (χ1) is 14.8. The van der Waals surface area contributed by atoms with Crippen molar-refractivity contribution in [1.29, 1.82) is 0 Å². The van der Waals surface area contributed by atoms with Crippen LogP contribution in [0.3, 0.4) is 0 Å². The van der Waals surface area contributed by atoms with E-state index in [1.165, 1.54) is 18.4 Å². The van der Waals surface area contributed by atoms with Crippen LogP contribution < -0.4 is 14.8 Å². The first-order valence-corrected chi connectivity index (χ1v) is 10.8. The molecule has 11 heteroatoms. The van der Waals surface area contributed by atoms with Gasteiger partial charge in [-0.25, -0.2) is 4.98 Å². The van der Waals surface area contributed by atoms with E-state index in [1.807, 2.05) is 0 Å². The number of aryl methyl sites for hydroxylation is 1. The number of carbonyl (C=O) groups excluding carboxylic acids is 1. The van der Waals surface area contributed by atoms with Gasteiger partial charge in [-0.3, -0.25) is 4.79 Å². The molecular formula is C20H21Cl2N3O5S. The molecule has 3 aromatic rings. The van der Waals surface area contributed by atoms with E-state index in [9.17, 15) is 9.90 Å². The Morgan fingerprint density at radius 2 is 2.06 bits per heavy atom. The molecule has 8 nitrogen and oxygen atoms in total. The van der Waals surface area contributed by atoms with Gasteiger partial charge in [-0.15, -0.1) is 11.3 Å². The van der Waals surface area contributed by atoms with Gasteiger partial charge in [0.15, 0.2) is 5.82 Å². The lowest BCUT2D eigenvalue weighted by atomic mass is 10.2. The van der Waals surface area contributed by atoms with Crippen molar-refractivity contribution in [1.82, 2.24) is 15.3 Å². The molecule has 166 valence electrons. The van der Waals surface area contributed by atoms with Crippen LogP contribution in [0.15, 0.2) is 18.2 Å². The van der Waals surface area contributed by atoms with Crippen LogP contribution in [0.4, 0.5) is 0 Å². The Balaban J connectivity index is 1.67. The molecule has 1 unspecified atom stereocenters. The fraction of sp³-hybridized carbons (Fsp3) is 0.350. The summed E-state index contributed by atoms with van der Waals surface area (Å²) < 4.78 is 15.9. The van der Waals surface area contributed by atoms with Crippen molar-refractivity contribution < 1.29 is 24.1 Å². The zero-order chi connectivity index (χ0) is 22.5. The number of hydrogen-bond donors (Lipinski definition) is 2. The van der Waals surface area contributed by atoms with Crippen molar-refractivity contribution >= 4 is 50.7 Å². The molecule has 31 heavy (non-hydrogen) atoms. The van der Waals surface area contributed by atoms with Crippen molar-refractivity contribution in [2.24, 2.45) is 0 Å². The molecule has 0 fully saturated rings. The molecule has 0 spiro atoms. The lowest BCUT2D eigenvalue weighted by Gasteiger charge is -2.14. The number of halogens is 2. The van der Waals surface area contributed by atoms with Gasteiger partial charge >= 0.3 is 0 Å². The van der Waals surface area contributed by atoms with Crippen LogP contribution >= 0.6 is 34.5 Å². The maximum Gasteiger partial charge on any atom is 0.261 e. The van der Waals surface area contributed by atoms with Gasteiger partial charge in [-0.05, 0) is 24.6 Å². The predicted molar refractivity (Wildman–Crippen MR) is 120 cm³/mol. The van der Waals surface area contributed by atoms with Crippen LogP contribution in [0, 0.1) is 6.92 Å². The highest BCUT2D eigenvalue weighted by atomic mass is 35.5. The number of benzene rings is 1. The van der Waals surface area contributed by atoms with Gasteiger partial charge in [0.05, 0.1) is 22.4 Å². The summed E-state index contributed by atoms with van der Waals surface area (Å²) in [6.07, 6.45) is -0.948. The molecule has 2 N–H and O–H groups in total. The van der Waals surface area contributed by atoms with Crippen LogP contribution in [0.1, 0.15) is 21.1 Å². The number of nitrogens with zero attached hydrogens (tertiary/aromatic N) is 2. The van der Waals surface area contributed by atoms with E-state index in [4.69, 9.17) is 37.4 Å². The molecule has 0 saturated carbocycles. The van der Waals surface area contributed by atoms with Gasteiger partial charge in [0.2, 0.25) is 5.88 Å². The van der Waals surface area contributed by atoms with E-state index in [-0.39, 0.29) is 30.7 Å². The molecule has 1 aromatic carbocycles. The molecule has 0 saturated heterocycles. The van der Waals surface area contributed by atoms with Crippen molar-refractivity contribution in [3.05, 3.63) is 44.5 Å². The third-order valence-corrected chi connectivity index (χ3v) is 6.31. The summed E-state index contributed by atoms with van der Waals surface area (Å²) in [5.41, 5.74) is 0.703. The zero-order valence-corrected chi connectivity index (χ0v) is 19.4. The number of ether oxygens (including phenoxy) is 3. The minimum Gasteiger partial charge on any atom is -0.489 e. The smallest absolute Gasteiger partial charge is 0.261 e. The lowest BCUT2D eigenvalue weighted by Crippen LogP contribution is -2.35. The van der Waals surface area contributed by atoms with Crippen LogP contribution in [-0.4, -0.2) is 54.5 Å². The average Bonchev–Trinajstić information content (AvgIpc) is 3.09. The number of rotatable bonds is 9. The molecule has 2 aromatic heterocycles. The van der Waals surface area contributed by atoms with Crippen LogP contribution in [0.25, 0.3) is 10.2 Å². The number of aliphatic hydroxyl groups excluding tert-OH is 1. The highest BCUT2D eigenvalue weighted by Gasteiger charge is 2.21. The molecule has 0 aliphatic carbocycles. The molecule has 1 amide bonds. The number of aromatic nitrogens is 2. The second-order valence-electron chi connectivity index (χ2n) is 6.55. The Hall–Kier alpha value is -2.17. The number of aliphatic hydroxyl groups is 1. The van der Waals surface area contributed by atoms with Crippen LogP contribution in [-0.2, 0) is 11.3 Å². The van der Waals surface area contributed by atoms with Crippen molar-refractivity contribution in [2.75, 3.05) is 27.4 Å². The second-order valence-corrected chi connectivity index (χ2v) is 8.33. The van der Waals surface area contributed by atoms with Crippen molar-refractivity contribution in [3.8, 4) is 11.6 Å². The van der Waals surface area contributed by atoms with E-state index >= 15 is 0 Å². The first kappa shape index (κ1) is 23.5. The average molecular weight is 486 g/mol. The fourth-order valence-corrected chi connectivity index (χ4v) is 4.29. The molecule has 2 heterocycles. The Bertz CT molecular complexity index is 1090. The molecule has 0 aliphatic rings. The summed E-state index contributed by atoms with van der Waals surface area (Å²) in [7, 11) is 3.06. The third kappa shape index (κ3) is 5.36. The maximum atomic E-state index is 12.7. The molecular weight excluding hydrogens is 465 g/mol. The fourth-order valence-electron chi connectivity index (χ4n) is 2.83. The van der Waals surface area contributed by atoms with Gasteiger partial charge in [-0.2, -0.15) is 4.98 Å². The number of thiophene rings is 1. The number of fused-ring (bicyclic) bond motifs is 1. The molecule has 0 aliphatic heterocycles. The molecule has 1 atom stereocenters. The maximum absolute atomic E-state index is 12.7. The minimum absolute atomic E-state index is 0.0115. The van der Waals surface area contributed by atoms with Crippen molar-refractivity contribution in [3.63, 3.8) is 0 Å². The summed E-state index contributed by atoms with van der Waals surface area (Å²) in [5, 5.41) is 14.2. The number of amides is 1. The summed E-state index contributed by atoms with van der Waals surface area (Å²) in [4.78, 5) is 22.6. The largest absolute Gasteiger partial charge is 0.489 e. The number of carbonyl (C=O) groups is 1. The Morgan fingerprint density at radius 3 is 2.77 bits per heavy atom.